The van der Waals surface area contributed by atoms with Crippen molar-refractivity contribution in [3.05, 3.63) is 54.2 Å². The number of aromatic nitrogens is 5. The molecule has 0 aliphatic carbocycles. The first-order chi connectivity index (χ1) is 16.4. The van der Waals surface area contributed by atoms with Crippen LogP contribution in [0.4, 0.5) is 5.95 Å². The molecule has 3 aromatic heterocycles. The van der Waals surface area contributed by atoms with E-state index < -0.39 is 5.91 Å². The minimum atomic E-state index is -0.446. The van der Waals surface area contributed by atoms with E-state index in [0.29, 0.717) is 37.6 Å². The number of amides is 1. The van der Waals surface area contributed by atoms with Gasteiger partial charge in [-0.2, -0.15) is 10.1 Å². The Hall–Kier alpha value is -3.70. The third-order valence-electron chi connectivity index (χ3n) is 5.11. The predicted octanol–water partition coefficient (Wildman–Crippen LogP) is 1.92. The quantitative estimate of drug-likeness (QED) is 0.245. The Morgan fingerprint density at radius 3 is 2.50 bits per heavy atom. The van der Waals surface area contributed by atoms with E-state index in [4.69, 9.17) is 20.9 Å². The molecule has 4 N–H and O–H groups in total. The Kier molecular flexibility index (Phi) is 8.77. The van der Waals surface area contributed by atoms with Crippen LogP contribution in [0.3, 0.4) is 0 Å². The molecule has 0 saturated carbocycles. The number of anilines is 1. The van der Waals surface area contributed by atoms with Crippen molar-refractivity contribution >= 4 is 17.7 Å². The molecule has 0 fully saturated rings. The number of nitrogens with two attached hydrogens (primary N) is 2. The van der Waals surface area contributed by atoms with Crippen LogP contribution in [0.2, 0.25) is 0 Å². The van der Waals surface area contributed by atoms with Gasteiger partial charge in [0.1, 0.15) is 5.84 Å². The molecule has 11 heteroatoms. The molecule has 3 rings (SSSR count). The average Bonchev–Trinajstić information content (AvgIpc) is 3.29. The molecule has 0 aromatic carbocycles. The Morgan fingerprint density at radius 2 is 1.85 bits per heavy atom. The fourth-order valence-electron chi connectivity index (χ4n) is 3.38. The van der Waals surface area contributed by atoms with E-state index in [1.54, 1.807) is 36.6 Å². The number of hydrogen-bond acceptors (Lipinski definition) is 8. The molecule has 0 spiro atoms. The molecule has 1 amide bonds. The van der Waals surface area contributed by atoms with E-state index in [0.717, 1.165) is 11.1 Å². The molecule has 0 saturated heterocycles. The van der Waals surface area contributed by atoms with Crippen LogP contribution in [-0.4, -0.2) is 63.4 Å². The summed E-state index contributed by atoms with van der Waals surface area (Å²) in [6.45, 7) is 6.04. The molecule has 3 aromatic rings. The van der Waals surface area contributed by atoms with Crippen LogP contribution in [-0.2, 0) is 16.0 Å². The second-order valence-corrected chi connectivity index (χ2v) is 7.97. The van der Waals surface area contributed by atoms with E-state index in [9.17, 15) is 4.79 Å². The first-order valence-electron chi connectivity index (χ1n) is 10.9. The van der Waals surface area contributed by atoms with Crippen molar-refractivity contribution < 1.29 is 14.3 Å². The molecular formula is C23H30N8O3. The molecule has 0 bridgehead atoms. The van der Waals surface area contributed by atoms with Crippen molar-refractivity contribution in [2.45, 2.75) is 26.3 Å². The largest absolute Gasteiger partial charge is 0.387 e. The lowest BCUT2D eigenvalue weighted by Gasteiger charge is -2.20. The van der Waals surface area contributed by atoms with Crippen LogP contribution in [0.5, 0.6) is 0 Å². The van der Waals surface area contributed by atoms with Gasteiger partial charge in [0.05, 0.1) is 43.8 Å². The monoisotopic (exact) mass is 466 g/mol. The van der Waals surface area contributed by atoms with Crippen molar-refractivity contribution in [1.29, 1.82) is 0 Å². The zero-order valence-corrected chi connectivity index (χ0v) is 19.6. The number of ether oxygens (including phenoxy) is 2. The summed E-state index contributed by atoms with van der Waals surface area (Å²) in [6.07, 6.45) is 8.07. The Labute approximate surface area is 198 Å². The van der Waals surface area contributed by atoms with Gasteiger partial charge in [0, 0.05) is 43.4 Å². The van der Waals surface area contributed by atoms with Gasteiger partial charge in [0.15, 0.2) is 0 Å². The maximum absolute atomic E-state index is 12.7. The lowest BCUT2D eigenvalue weighted by Crippen LogP contribution is -2.27. The summed E-state index contributed by atoms with van der Waals surface area (Å²) in [5.41, 5.74) is 14.5. The summed E-state index contributed by atoms with van der Waals surface area (Å²) >= 11 is 0. The number of carbonyl (C=O) groups is 1. The van der Waals surface area contributed by atoms with Crippen molar-refractivity contribution in [3.8, 4) is 11.3 Å². The fourth-order valence-corrected chi connectivity index (χ4v) is 3.38. The number of hydrogen-bond donors (Lipinski definition) is 2. The number of aliphatic imine (C=N–C) groups is 1. The Balaban J connectivity index is 1.69. The zero-order valence-electron chi connectivity index (χ0n) is 19.6. The summed E-state index contributed by atoms with van der Waals surface area (Å²) in [6, 6.07) is 3.77. The normalized spacial score (nSPS) is 12.8. The second kappa shape index (κ2) is 12.0. The van der Waals surface area contributed by atoms with Gasteiger partial charge in [-0.25, -0.2) is 9.97 Å². The van der Waals surface area contributed by atoms with Crippen LogP contribution in [0, 0.1) is 5.92 Å². The number of methoxy groups -OCH3 is 1. The third kappa shape index (κ3) is 6.65. The fraction of sp³-hybridized carbons (Fsp3) is 0.391. The summed E-state index contributed by atoms with van der Waals surface area (Å²) in [5, 5.41) is 4.19. The third-order valence-corrected chi connectivity index (χ3v) is 5.11. The van der Waals surface area contributed by atoms with E-state index in [1.807, 2.05) is 26.0 Å². The van der Waals surface area contributed by atoms with Gasteiger partial charge in [-0.15, -0.1) is 0 Å². The molecule has 0 aliphatic heterocycles. The molecule has 1 unspecified atom stereocenters. The second-order valence-electron chi connectivity index (χ2n) is 7.97. The molecule has 1 atom stereocenters. The first-order valence-corrected chi connectivity index (χ1v) is 10.9. The Bertz CT molecular complexity index is 1090. The van der Waals surface area contributed by atoms with Crippen LogP contribution in [0.1, 0.15) is 35.7 Å². The van der Waals surface area contributed by atoms with Crippen molar-refractivity contribution in [1.82, 2.24) is 24.7 Å². The van der Waals surface area contributed by atoms with Gasteiger partial charge in [0.25, 0.3) is 5.91 Å². The van der Waals surface area contributed by atoms with Crippen molar-refractivity contribution in [3.63, 3.8) is 0 Å². The van der Waals surface area contributed by atoms with Gasteiger partial charge in [0.2, 0.25) is 5.95 Å². The SMILES string of the molecule is COCCOCCn1cc(C(=O)N=C(N)C(c2ccc(-c3cnc(N)nc3)nc2)C(C)C)cn1. The topological polar surface area (TPSA) is 156 Å². The molecule has 180 valence electrons. The van der Waals surface area contributed by atoms with Crippen LogP contribution < -0.4 is 11.5 Å². The molecule has 0 aliphatic rings. The first kappa shape index (κ1) is 24.9. The van der Waals surface area contributed by atoms with E-state index in [-0.39, 0.29) is 23.6 Å². The van der Waals surface area contributed by atoms with Crippen molar-refractivity contribution in [2.24, 2.45) is 16.6 Å². The number of nitrogen functional groups attached to an aromatic ring is 1. The lowest BCUT2D eigenvalue weighted by molar-refractivity contribution is 0.0654. The van der Waals surface area contributed by atoms with E-state index in [2.05, 4.69) is 25.0 Å². The lowest BCUT2D eigenvalue weighted by atomic mass is 9.88. The molecular weight excluding hydrogens is 436 g/mol. The predicted molar refractivity (Wildman–Crippen MR) is 128 cm³/mol. The summed E-state index contributed by atoms with van der Waals surface area (Å²) in [7, 11) is 1.62. The summed E-state index contributed by atoms with van der Waals surface area (Å²) in [5.74, 6) is -0.206. The average molecular weight is 467 g/mol. The van der Waals surface area contributed by atoms with Crippen LogP contribution in [0.25, 0.3) is 11.3 Å². The highest BCUT2D eigenvalue weighted by Crippen LogP contribution is 2.26. The van der Waals surface area contributed by atoms with Gasteiger partial charge < -0.3 is 20.9 Å². The highest BCUT2D eigenvalue weighted by molar-refractivity contribution is 6.04. The number of rotatable bonds is 11. The minimum absolute atomic E-state index is 0.0935. The summed E-state index contributed by atoms with van der Waals surface area (Å²) < 4.78 is 12.0. The molecule has 0 radical (unpaired) electrons. The van der Waals surface area contributed by atoms with Gasteiger partial charge >= 0.3 is 0 Å². The molecule has 11 nitrogen and oxygen atoms in total. The highest BCUT2D eigenvalue weighted by Gasteiger charge is 2.22. The van der Waals surface area contributed by atoms with Crippen LogP contribution >= 0.6 is 0 Å². The van der Waals surface area contributed by atoms with Gasteiger partial charge in [-0.05, 0) is 17.5 Å². The van der Waals surface area contributed by atoms with Gasteiger partial charge in [-0.1, -0.05) is 19.9 Å². The molecule has 3 heterocycles. The number of pyridine rings is 1. The summed E-state index contributed by atoms with van der Waals surface area (Å²) in [4.78, 5) is 29.3. The van der Waals surface area contributed by atoms with E-state index >= 15 is 0 Å². The van der Waals surface area contributed by atoms with Crippen LogP contribution in [0.15, 0.2) is 48.1 Å². The standard InChI is InChI=1S/C23H30N8O3/c1-15(2)20(16-4-5-19(26-10-16)17-11-27-23(25)28-12-17)21(24)30-22(32)18-13-29-31(14-18)6-7-34-9-8-33-3/h4-5,10-15,20H,6-9H2,1-3H3,(H2,24,30,32)(H2,25,27,28). The zero-order chi connectivity index (χ0) is 24.5. The maximum atomic E-state index is 12.7. The smallest absolute Gasteiger partial charge is 0.281 e. The minimum Gasteiger partial charge on any atom is -0.387 e. The van der Waals surface area contributed by atoms with E-state index in [1.165, 1.54) is 6.20 Å². The van der Waals surface area contributed by atoms with Gasteiger partial charge in [-0.3, -0.25) is 14.5 Å². The number of nitrogens with zero attached hydrogens (tertiary/aromatic N) is 6. The molecule has 34 heavy (non-hydrogen) atoms. The van der Waals surface area contributed by atoms with Crippen molar-refractivity contribution in [2.75, 3.05) is 32.7 Å². The number of amidine groups is 1. The highest BCUT2D eigenvalue weighted by atomic mass is 16.5. The maximum Gasteiger partial charge on any atom is 0.281 e. The number of carbonyl (C=O) groups excluding carboxylic acids is 1. The Morgan fingerprint density at radius 1 is 1.09 bits per heavy atom.